The standard InChI is InChI=1S/C38H47BrFNO3Si2/c1-37(2,3)45(30-20-12-8-13-21-30,31-22-14-9-15-23-31)43-29-34(39)36(35(40)28-41-42-7)44-46(38(4,5)6,32-24-16-10-17-25-32)33-26-18-11-19-27-33/h8-28,34-36H,29H2,1-7H3/b41-28+/t34-,35+,36+/m0/s1. The van der Waals surface area contributed by atoms with E-state index in [2.05, 4.69) is 135 Å². The molecule has 4 rings (SSSR count). The molecule has 46 heavy (non-hydrogen) atoms. The number of alkyl halides is 2. The van der Waals surface area contributed by atoms with Gasteiger partial charge in [-0.3, -0.25) is 0 Å². The lowest BCUT2D eigenvalue weighted by Gasteiger charge is -2.47. The molecular formula is C38H47BrFNO3Si2. The fraction of sp³-hybridized carbons (Fsp3) is 0.342. The molecule has 0 heterocycles. The van der Waals surface area contributed by atoms with E-state index in [1.165, 1.54) is 13.3 Å². The first kappa shape index (κ1) is 36.0. The largest absolute Gasteiger partial charge is 0.406 e. The minimum Gasteiger partial charge on any atom is -0.406 e. The second-order valence-corrected chi connectivity index (χ2v) is 23.4. The molecule has 0 spiro atoms. The summed E-state index contributed by atoms with van der Waals surface area (Å²) in [5.41, 5.74) is 0. The number of hydrogen-bond acceptors (Lipinski definition) is 4. The maximum atomic E-state index is 16.5. The number of hydrogen-bond donors (Lipinski definition) is 0. The lowest BCUT2D eigenvalue weighted by atomic mass is 10.2. The van der Waals surface area contributed by atoms with Crippen LogP contribution in [0.3, 0.4) is 0 Å². The zero-order chi connectivity index (χ0) is 33.4. The van der Waals surface area contributed by atoms with Crippen molar-refractivity contribution in [2.75, 3.05) is 13.7 Å². The molecule has 0 unspecified atom stereocenters. The van der Waals surface area contributed by atoms with E-state index in [1.54, 1.807) is 0 Å². The molecule has 0 aliphatic heterocycles. The molecule has 0 amide bonds. The van der Waals surface area contributed by atoms with Crippen molar-refractivity contribution < 1.29 is 18.1 Å². The van der Waals surface area contributed by atoms with Crippen LogP contribution in [-0.4, -0.2) is 53.7 Å². The third kappa shape index (κ3) is 7.47. The first-order valence-electron chi connectivity index (χ1n) is 15.8. The third-order valence-electron chi connectivity index (χ3n) is 8.58. The molecule has 0 N–H and O–H groups in total. The summed E-state index contributed by atoms with van der Waals surface area (Å²) >= 11 is 3.92. The Hall–Kier alpha value is -2.89. The Bertz CT molecular complexity index is 1440. The number of nitrogens with zero attached hydrogens (tertiary/aromatic N) is 1. The molecule has 4 aromatic carbocycles. The fourth-order valence-corrected chi connectivity index (χ4v) is 16.8. The van der Waals surface area contributed by atoms with E-state index in [0.29, 0.717) is 0 Å². The van der Waals surface area contributed by atoms with Gasteiger partial charge in [0, 0.05) is 6.61 Å². The van der Waals surface area contributed by atoms with Gasteiger partial charge in [0.1, 0.15) is 7.11 Å². The average molecular weight is 721 g/mol. The van der Waals surface area contributed by atoms with Crippen molar-refractivity contribution in [1.29, 1.82) is 0 Å². The van der Waals surface area contributed by atoms with Gasteiger partial charge in [0.25, 0.3) is 16.6 Å². The van der Waals surface area contributed by atoms with Crippen molar-refractivity contribution in [1.82, 2.24) is 0 Å². The summed E-state index contributed by atoms with van der Waals surface area (Å²) in [5, 5.41) is 7.72. The van der Waals surface area contributed by atoms with E-state index < -0.39 is 33.7 Å². The second-order valence-electron chi connectivity index (χ2n) is 13.6. The molecule has 0 aliphatic rings. The van der Waals surface area contributed by atoms with Gasteiger partial charge in [-0.05, 0) is 30.8 Å². The maximum absolute atomic E-state index is 16.5. The molecule has 4 nitrogen and oxygen atoms in total. The van der Waals surface area contributed by atoms with Crippen molar-refractivity contribution in [3.63, 3.8) is 0 Å². The summed E-state index contributed by atoms with van der Waals surface area (Å²) < 4.78 is 31.2. The Morgan fingerprint density at radius 2 is 1.00 bits per heavy atom. The van der Waals surface area contributed by atoms with Gasteiger partial charge < -0.3 is 13.7 Å². The van der Waals surface area contributed by atoms with Gasteiger partial charge in [0.15, 0.2) is 6.17 Å². The molecule has 8 heteroatoms. The third-order valence-corrected chi connectivity index (χ3v) is 19.4. The van der Waals surface area contributed by atoms with Crippen LogP contribution in [0.4, 0.5) is 4.39 Å². The summed E-state index contributed by atoms with van der Waals surface area (Å²) in [5.74, 6) is 0. The topological polar surface area (TPSA) is 40.0 Å². The van der Waals surface area contributed by atoms with Gasteiger partial charge in [-0.1, -0.05) is 184 Å². The van der Waals surface area contributed by atoms with Crippen LogP contribution in [0.25, 0.3) is 0 Å². The van der Waals surface area contributed by atoms with Crippen LogP contribution in [-0.2, 0) is 13.7 Å². The molecule has 244 valence electrons. The van der Waals surface area contributed by atoms with Gasteiger partial charge >= 0.3 is 0 Å². The monoisotopic (exact) mass is 719 g/mol. The van der Waals surface area contributed by atoms with Crippen LogP contribution in [0.5, 0.6) is 0 Å². The quantitative estimate of drug-likeness (QED) is 0.0633. The highest BCUT2D eigenvalue weighted by Gasteiger charge is 2.54. The van der Waals surface area contributed by atoms with E-state index in [0.717, 1.165) is 20.7 Å². The lowest BCUT2D eigenvalue weighted by molar-refractivity contribution is 0.106. The van der Waals surface area contributed by atoms with Crippen LogP contribution in [0.2, 0.25) is 10.1 Å². The maximum Gasteiger partial charge on any atom is 0.261 e. The molecular weight excluding hydrogens is 673 g/mol. The van der Waals surface area contributed by atoms with Gasteiger partial charge in [-0.15, -0.1) is 0 Å². The average Bonchev–Trinajstić information content (AvgIpc) is 3.05. The van der Waals surface area contributed by atoms with Gasteiger partial charge in [-0.25, -0.2) is 4.39 Å². The summed E-state index contributed by atoms with van der Waals surface area (Å²) in [4.78, 5) is 4.41. The molecule has 0 saturated heterocycles. The van der Waals surface area contributed by atoms with E-state index in [4.69, 9.17) is 13.7 Å². The Balaban J connectivity index is 1.85. The Morgan fingerprint density at radius 3 is 1.33 bits per heavy atom. The number of rotatable bonds is 13. The van der Waals surface area contributed by atoms with Gasteiger partial charge in [0.05, 0.1) is 17.1 Å². The van der Waals surface area contributed by atoms with Crippen molar-refractivity contribution in [3.05, 3.63) is 121 Å². The van der Waals surface area contributed by atoms with Crippen LogP contribution in [0, 0.1) is 0 Å². The lowest BCUT2D eigenvalue weighted by Crippen LogP contribution is -2.70. The number of benzene rings is 4. The highest BCUT2D eigenvalue weighted by molar-refractivity contribution is 9.09. The molecule has 0 aromatic heterocycles. The zero-order valence-electron chi connectivity index (χ0n) is 28.0. The first-order chi connectivity index (χ1) is 21.9. The zero-order valence-corrected chi connectivity index (χ0v) is 31.6. The Kier molecular flexibility index (Phi) is 12.0. The van der Waals surface area contributed by atoms with Gasteiger partial charge in [-0.2, -0.15) is 0 Å². The summed E-state index contributed by atoms with van der Waals surface area (Å²) in [6.07, 6.45) is -1.32. The van der Waals surface area contributed by atoms with E-state index in [1.807, 2.05) is 48.5 Å². The smallest absolute Gasteiger partial charge is 0.261 e. The minimum atomic E-state index is -3.13. The second kappa shape index (κ2) is 15.3. The van der Waals surface area contributed by atoms with Crippen LogP contribution >= 0.6 is 15.9 Å². The van der Waals surface area contributed by atoms with Gasteiger partial charge in [0.2, 0.25) is 0 Å². The fourth-order valence-electron chi connectivity index (χ4n) is 6.50. The molecule has 0 radical (unpaired) electrons. The summed E-state index contributed by atoms with van der Waals surface area (Å²) in [7, 11) is -4.61. The van der Waals surface area contributed by atoms with E-state index in [9.17, 15) is 0 Å². The molecule has 0 fully saturated rings. The highest BCUT2D eigenvalue weighted by atomic mass is 79.9. The summed E-state index contributed by atoms with van der Waals surface area (Å²) in [6, 6.07) is 41.5. The first-order valence-corrected chi connectivity index (χ1v) is 20.5. The van der Waals surface area contributed by atoms with Crippen molar-refractivity contribution in [2.24, 2.45) is 5.16 Å². The van der Waals surface area contributed by atoms with Crippen LogP contribution in [0.15, 0.2) is 126 Å². The molecule has 3 atom stereocenters. The molecule has 4 aromatic rings. The van der Waals surface area contributed by atoms with Crippen molar-refractivity contribution in [3.8, 4) is 0 Å². The van der Waals surface area contributed by atoms with Crippen LogP contribution < -0.4 is 20.7 Å². The minimum absolute atomic E-state index is 0.220. The molecule has 0 aliphatic carbocycles. The molecule has 0 saturated carbocycles. The van der Waals surface area contributed by atoms with Crippen LogP contribution in [0.1, 0.15) is 41.5 Å². The SMILES string of the molecule is CO/N=C/[C@@H](F)[C@H](O[Si](c1ccccc1)(c1ccccc1)C(C)(C)C)[C@@H](Br)CO[Si](c1ccccc1)(c1ccccc1)C(C)(C)C. The summed E-state index contributed by atoms with van der Waals surface area (Å²) in [6.45, 7) is 13.5. The normalized spacial score (nSPS) is 15.0. The van der Waals surface area contributed by atoms with Crippen molar-refractivity contribution >= 4 is 59.5 Å². The number of oxime groups is 1. The Labute approximate surface area is 285 Å². The Morgan fingerprint density at radius 1 is 0.652 bits per heavy atom. The molecule has 0 bridgehead atoms. The van der Waals surface area contributed by atoms with E-state index in [-0.39, 0.29) is 16.7 Å². The predicted molar refractivity (Wildman–Crippen MR) is 199 cm³/mol. The highest BCUT2D eigenvalue weighted by Crippen LogP contribution is 2.40. The van der Waals surface area contributed by atoms with E-state index >= 15 is 4.39 Å². The predicted octanol–water partition coefficient (Wildman–Crippen LogP) is 7.24. The number of halogens is 2. The van der Waals surface area contributed by atoms with Crippen molar-refractivity contribution in [2.45, 2.75) is 68.7 Å².